The zero-order chi connectivity index (χ0) is 26.5. The summed E-state index contributed by atoms with van der Waals surface area (Å²) in [5.41, 5.74) is 4.55. The van der Waals surface area contributed by atoms with E-state index in [4.69, 9.17) is 18.9 Å². The van der Waals surface area contributed by atoms with E-state index < -0.39 is 0 Å². The summed E-state index contributed by atoms with van der Waals surface area (Å²) in [6.07, 6.45) is 1.25. The predicted molar refractivity (Wildman–Crippen MR) is 143 cm³/mol. The molecular weight excluding hydrogens is 472 g/mol. The average molecular weight is 505 g/mol. The fourth-order valence-corrected chi connectivity index (χ4v) is 4.83. The van der Waals surface area contributed by atoms with Gasteiger partial charge in [-0.05, 0) is 65.4 Å². The number of methoxy groups -OCH3 is 4. The van der Waals surface area contributed by atoms with Crippen LogP contribution in [0.25, 0.3) is 11.1 Å². The molecule has 0 unspecified atom stereocenters. The largest absolute Gasteiger partial charge is 0.497 e. The van der Waals surface area contributed by atoms with Gasteiger partial charge in [0.25, 0.3) is 0 Å². The first-order valence-electron chi connectivity index (χ1n) is 12.0. The van der Waals surface area contributed by atoms with Crippen LogP contribution in [0.4, 0.5) is 5.69 Å². The van der Waals surface area contributed by atoms with Crippen molar-refractivity contribution < 1.29 is 23.7 Å². The lowest BCUT2D eigenvalue weighted by atomic mass is 9.95. The van der Waals surface area contributed by atoms with Gasteiger partial charge in [0.15, 0.2) is 11.5 Å². The number of carbonyl (C=O) groups is 1. The van der Waals surface area contributed by atoms with Crippen molar-refractivity contribution in [1.29, 1.82) is 0 Å². The normalized spacial score (nSPS) is 13.9. The van der Waals surface area contributed by atoms with Crippen molar-refractivity contribution in [2.75, 3.05) is 33.8 Å². The second-order valence-corrected chi connectivity index (χ2v) is 8.80. The van der Waals surface area contributed by atoms with Crippen molar-refractivity contribution in [2.45, 2.75) is 32.4 Å². The van der Waals surface area contributed by atoms with Gasteiger partial charge in [-0.1, -0.05) is 18.2 Å². The van der Waals surface area contributed by atoms with Crippen LogP contribution in [0.1, 0.15) is 36.1 Å². The molecule has 3 aromatic carbocycles. The number of fused-ring (bicyclic) bond motifs is 3. The number of nitrogens with one attached hydrogen (secondary N) is 2. The highest BCUT2D eigenvalue weighted by atomic mass is 16.5. The smallest absolute Gasteiger partial charge is 0.217 e. The molecule has 0 saturated heterocycles. The molecule has 0 fully saturated rings. The number of benzene rings is 2. The Morgan fingerprint density at radius 3 is 2.41 bits per heavy atom. The highest BCUT2D eigenvalue weighted by molar-refractivity contribution is 5.83. The average Bonchev–Trinajstić information content (AvgIpc) is 3.14. The van der Waals surface area contributed by atoms with Crippen LogP contribution in [-0.2, 0) is 17.8 Å². The number of rotatable bonds is 8. The summed E-state index contributed by atoms with van der Waals surface area (Å²) >= 11 is 0. The van der Waals surface area contributed by atoms with Crippen molar-refractivity contribution >= 4 is 11.6 Å². The van der Waals surface area contributed by atoms with Crippen LogP contribution in [0.3, 0.4) is 0 Å². The quantitative estimate of drug-likeness (QED) is 0.467. The van der Waals surface area contributed by atoms with E-state index >= 15 is 0 Å². The third-order valence-corrected chi connectivity index (χ3v) is 6.53. The van der Waals surface area contributed by atoms with Crippen LogP contribution >= 0.6 is 0 Å². The number of hydrogen-bond donors (Lipinski definition) is 2. The molecule has 0 aromatic heterocycles. The molecule has 0 heterocycles. The maximum Gasteiger partial charge on any atom is 0.217 e. The molecule has 0 saturated carbocycles. The van der Waals surface area contributed by atoms with E-state index in [1.165, 1.54) is 6.92 Å². The van der Waals surface area contributed by atoms with Crippen LogP contribution in [0.15, 0.2) is 53.3 Å². The Balaban J connectivity index is 1.87. The van der Waals surface area contributed by atoms with Gasteiger partial charge < -0.3 is 29.6 Å². The minimum atomic E-state index is -0.354. The van der Waals surface area contributed by atoms with E-state index in [0.717, 1.165) is 33.6 Å². The molecule has 3 aromatic rings. The lowest BCUT2D eigenvalue weighted by Gasteiger charge is -2.19. The Hall–Kier alpha value is -4.20. The van der Waals surface area contributed by atoms with E-state index in [2.05, 4.69) is 10.6 Å². The molecule has 194 valence electrons. The predicted octanol–water partition coefficient (Wildman–Crippen LogP) is 4.48. The topological polar surface area (TPSA) is 95.1 Å². The van der Waals surface area contributed by atoms with Gasteiger partial charge in [0.05, 0.1) is 40.2 Å². The van der Waals surface area contributed by atoms with Crippen LogP contribution in [0, 0.1) is 0 Å². The molecule has 0 spiro atoms. The first-order chi connectivity index (χ1) is 17.9. The highest BCUT2D eigenvalue weighted by Crippen LogP contribution is 2.50. The van der Waals surface area contributed by atoms with Gasteiger partial charge in [0.1, 0.15) is 5.75 Å². The van der Waals surface area contributed by atoms with Crippen molar-refractivity contribution in [2.24, 2.45) is 0 Å². The van der Waals surface area contributed by atoms with Crippen molar-refractivity contribution in [3.8, 4) is 34.1 Å². The molecule has 2 N–H and O–H groups in total. The molecule has 0 aliphatic heterocycles. The summed E-state index contributed by atoms with van der Waals surface area (Å²) in [5.74, 6) is 2.13. The van der Waals surface area contributed by atoms with Crippen LogP contribution in [0.5, 0.6) is 23.0 Å². The van der Waals surface area contributed by atoms with E-state index in [1.54, 1.807) is 40.6 Å². The molecular formula is C29H32N2O6. The minimum Gasteiger partial charge on any atom is -0.497 e. The fourth-order valence-electron chi connectivity index (χ4n) is 4.83. The van der Waals surface area contributed by atoms with Crippen molar-refractivity contribution in [3.63, 3.8) is 0 Å². The van der Waals surface area contributed by atoms with E-state index in [1.807, 2.05) is 36.4 Å². The first kappa shape index (κ1) is 25.9. The molecule has 4 rings (SSSR count). The van der Waals surface area contributed by atoms with Crippen molar-refractivity contribution in [3.05, 3.63) is 75.4 Å². The third-order valence-electron chi connectivity index (χ3n) is 6.53. The molecule has 0 radical (unpaired) electrons. The SMILES string of the molecule is COc1cccc(CNc2ccc3c(cc2=O)[C@@H](NC(C)=O)CCc2cc(OC)c(OC)c(OC)c2-3)c1. The van der Waals surface area contributed by atoms with Crippen LogP contribution < -0.4 is 35.0 Å². The molecule has 8 nitrogen and oxygen atoms in total. The van der Waals surface area contributed by atoms with E-state index in [0.29, 0.717) is 42.3 Å². The molecule has 1 aliphatic carbocycles. The van der Waals surface area contributed by atoms with Gasteiger partial charge in [-0.2, -0.15) is 0 Å². The van der Waals surface area contributed by atoms with Crippen LogP contribution in [0.2, 0.25) is 0 Å². The van der Waals surface area contributed by atoms with Gasteiger partial charge in [-0.3, -0.25) is 9.59 Å². The van der Waals surface area contributed by atoms with Gasteiger partial charge in [-0.15, -0.1) is 0 Å². The summed E-state index contributed by atoms with van der Waals surface area (Å²) in [4.78, 5) is 25.5. The molecule has 1 amide bonds. The van der Waals surface area contributed by atoms with E-state index in [9.17, 15) is 9.59 Å². The Kier molecular flexibility index (Phi) is 7.86. The summed E-state index contributed by atoms with van der Waals surface area (Å²) < 4.78 is 22.3. The Bertz CT molecular complexity index is 1370. The molecule has 37 heavy (non-hydrogen) atoms. The second kappa shape index (κ2) is 11.2. The first-order valence-corrected chi connectivity index (χ1v) is 12.0. The lowest BCUT2D eigenvalue weighted by molar-refractivity contribution is -0.119. The zero-order valence-corrected chi connectivity index (χ0v) is 21.8. The molecule has 1 aliphatic rings. The number of amides is 1. The third kappa shape index (κ3) is 5.33. The zero-order valence-electron chi connectivity index (χ0n) is 21.8. The standard InChI is InChI=1S/C29H32N2O6/c1-17(32)31-23-11-9-19-14-26(35-3)28(36-4)29(37-5)27(19)21-10-12-24(25(33)15-22(21)23)30-16-18-7-6-8-20(13-18)34-2/h6-8,10,12-15,23H,9,11,16H2,1-5H3,(H,30,33)(H,31,32)/t23-/m0/s1. The van der Waals surface area contributed by atoms with Gasteiger partial charge >= 0.3 is 0 Å². The van der Waals surface area contributed by atoms with Crippen molar-refractivity contribution in [1.82, 2.24) is 5.32 Å². The summed E-state index contributed by atoms with van der Waals surface area (Å²) in [6, 6.07) is 14.5. The molecule has 1 atom stereocenters. The number of ether oxygens (including phenoxy) is 4. The molecule has 0 bridgehead atoms. The minimum absolute atomic E-state index is 0.167. The number of hydrogen-bond acceptors (Lipinski definition) is 7. The van der Waals surface area contributed by atoms with E-state index in [-0.39, 0.29) is 17.4 Å². The second-order valence-electron chi connectivity index (χ2n) is 8.80. The van der Waals surface area contributed by atoms with Gasteiger partial charge in [0, 0.05) is 19.0 Å². The number of anilines is 1. The maximum atomic E-state index is 13.4. The fraction of sp³-hybridized carbons (Fsp3) is 0.310. The summed E-state index contributed by atoms with van der Waals surface area (Å²) in [6.45, 7) is 1.92. The number of aryl methyl sites for hydroxylation is 1. The number of carbonyl (C=O) groups excluding carboxylic acids is 1. The maximum absolute atomic E-state index is 13.4. The lowest BCUT2D eigenvalue weighted by Crippen LogP contribution is -2.26. The summed E-state index contributed by atoms with van der Waals surface area (Å²) in [5, 5.41) is 6.28. The Morgan fingerprint density at radius 2 is 1.73 bits per heavy atom. The monoisotopic (exact) mass is 504 g/mol. The Labute approximate surface area is 216 Å². The molecule has 8 heteroatoms. The van der Waals surface area contributed by atoms with Gasteiger partial charge in [0.2, 0.25) is 17.1 Å². The highest BCUT2D eigenvalue weighted by Gasteiger charge is 2.29. The summed E-state index contributed by atoms with van der Waals surface area (Å²) in [7, 11) is 6.34. The van der Waals surface area contributed by atoms with Crippen LogP contribution in [-0.4, -0.2) is 34.3 Å². The van der Waals surface area contributed by atoms with Gasteiger partial charge in [-0.25, -0.2) is 0 Å². The Morgan fingerprint density at radius 1 is 0.946 bits per heavy atom.